The zero-order chi connectivity index (χ0) is 13.7. The van der Waals surface area contributed by atoms with Crippen LogP contribution in [0.2, 0.25) is 0 Å². The second-order valence-corrected chi connectivity index (χ2v) is 6.07. The Morgan fingerprint density at radius 3 is 3.10 bits per heavy atom. The number of rotatable bonds is 5. The molecule has 20 heavy (non-hydrogen) atoms. The lowest BCUT2D eigenvalue weighted by Crippen LogP contribution is -2.43. The van der Waals surface area contributed by atoms with Crippen molar-refractivity contribution < 1.29 is 4.79 Å². The molecule has 5 nitrogen and oxygen atoms in total. The standard InChI is InChI=1S/C13H22N4OS.ClH/c1-10-16-12(9-19-10)8-17-6-2-3-11(7-17)13(18)15-5-4-14;/h9,11H,2-8,14H2,1H3,(H,15,18);1H. The van der Waals surface area contributed by atoms with E-state index in [0.29, 0.717) is 13.1 Å². The first kappa shape index (κ1) is 17.4. The van der Waals surface area contributed by atoms with Gasteiger partial charge in [-0.25, -0.2) is 4.98 Å². The summed E-state index contributed by atoms with van der Waals surface area (Å²) in [5.74, 6) is 0.240. The summed E-state index contributed by atoms with van der Waals surface area (Å²) in [6.07, 6.45) is 2.05. The molecular formula is C13H23ClN4OS. The molecule has 114 valence electrons. The lowest BCUT2D eigenvalue weighted by molar-refractivity contribution is -0.126. The number of piperidine rings is 1. The summed E-state index contributed by atoms with van der Waals surface area (Å²) in [6.45, 7) is 5.82. The van der Waals surface area contributed by atoms with E-state index >= 15 is 0 Å². The van der Waals surface area contributed by atoms with Crippen molar-refractivity contribution in [1.29, 1.82) is 0 Å². The molecule has 0 spiro atoms. The Bertz CT molecular complexity index is 426. The number of thiazole rings is 1. The summed E-state index contributed by atoms with van der Waals surface area (Å²) in [5.41, 5.74) is 6.52. The fourth-order valence-electron chi connectivity index (χ4n) is 2.46. The monoisotopic (exact) mass is 318 g/mol. The SMILES string of the molecule is Cc1nc(CN2CCCC(C(=O)NCCN)C2)cs1.Cl. The van der Waals surface area contributed by atoms with Crippen molar-refractivity contribution in [3.05, 3.63) is 16.1 Å². The van der Waals surface area contributed by atoms with Gasteiger partial charge in [-0.2, -0.15) is 0 Å². The van der Waals surface area contributed by atoms with Crippen LogP contribution in [0.4, 0.5) is 0 Å². The van der Waals surface area contributed by atoms with Crippen LogP contribution in [0.1, 0.15) is 23.5 Å². The Hall–Kier alpha value is -0.690. The van der Waals surface area contributed by atoms with Crippen molar-refractivity contribution >= 4 is 29.7 Å². The fraction of sp³-hybridized carbons (Fsp3) is 0.692. The highest BCUT2D eigenvalue weighted by molar-refractivity contribution is 7.09. The maximum absolute atomic E-state index is 12.0. The van der Waals surface area contributed by atoms with Crippen LogP contribution < -0.4 is 11.1 Å². The molecule has 1 atom stereocenters. The van der Waals surface area contributed by atoms with Crippen LogP contribution in [0.3, 0.4) is 0 Å². The number of nitrogens with zero attached hydrogens (tertiary/aromatic N) is 2. The summed E-state index contributed by atoms with van der Waals surface area (Å²) >= 11 is 1.68. The largest absolute Gasteiger partial charge is 0.355 e. The van der Waals surface area contributed by atoms with Gasteiger partial charge in [0.25, 0.3) is 0 Å². The topological polar surface area (TPSA) is 71.2 Å². The van der Waals surface area contributed by atoms with Crippen molar-refractivity contribution in [3.63, 3.8) is 0 Å². The molecule has 3 N–H and O–H groups in total. The maximum Gasteiger partial charge on any atom is 0.224 e. The van der Waals surface area contributed by atoms with Gasteiger partial charge in [-0.1, -0.05) is 0 Å². The molecular weight excluding hydrogens is 296 g/mol. The van der Waals surface area contributed by atoms with Gasteiger partial charge < -0.3 is 11.1 Å². The number of amides is 1. The molecule has 1 aliphatic rings. The summed E-state index contributed by atoms with van der Waals surface area (Å²) in [4.78, 5) is 18.8. The minimum Gasteiger partial charge on any atom is -0.355 e. The number of likely N-dealkylation sites (tertiary alicyclic amines) is 1. The highest BCUT2D eigenvalue weighted by atomic mass is 35.5. The molecule has 1 aromatic rings. The number of carbonyl (C=O) groups excluding carboxylic acids is 1. The number of aromatic nitrogens is 1. The van der Waals surface area contributed by atoms with Gasteiger partial charge in [-0.15, -0.1) is 23.7 Å². The third-order valence-corrected chi connectivity index (χ3v) is 4.19. The normalized spacial score (nSPS) is 19.4. The van der Waals surface area contributed by atoms with E-state index in [-0.39, 0.29) is 24.2 Å². The van der Waals surface area contributed by atoms with E-state index in [1.54, 1.807) is 11.3 Å². The molecule has 0 saturated carbocycles. The van der Waals surface area contributed by atoms with Crippen molar-refractivity contribution in [2.75, 3.05) is 26.2 Å². The highest BCUT2D eigenvalue weighted by Crippen LogP contribution is 2.19. The number of carbonyl (C=O) groups is 1. The molecule has 1 unspecified atom stereocenters. The van der Waals surface area contributed by atoms with E-state index in [1.807, 2.05) is 6.92 Å². The average Bonchev–Trinajstić information content (AvgIpc) is 2.81. The van der Waals surface area contributed by atoms with Gasteiger partial charge in [0.2, 0.25) is 5.91 Å². The molecule has 1 aliphatic heterocycles. The third kappa shape index (κ3) is 5.01. The Balaban J connectivity index is 0.00000200. The van der Waals surface area contributed by atoms with Crippen molar-refractivity contribution in [2.24, 2.45) is 11.7 Å². The smallest absolute Gasteiger partial charge is 0.224 e. The number of hydrogen-bond donors (Lipinski definition) is 2. The predicted molar refractivity (Wildman–Crippen MR) is 84.2 cm³/mol. The van der Waals surface area contributed by atoms with Crippen LogP contribution in [0.5, 0.6) is 0 Å². The Kier molecular flexibility index (Phi) is 7.43. The van der Waals surface area contributed by atoms with Crippen molar-refractivity contribution in [1.82, 2.24) is 15.2 Å². The van der Waals surface area contributed by atoms with E-state index in [1.165, 1.54) is 0 Å². The molecule has 0 aliphatic carbocycles. The molecule has 1 fully saturated rings. The number of aryl methyl sites for hydroxylation is 1. The Morgan fingerprint density at radius 1 is 1.65 bits per heavy atom. The molecule has 1 aromatic heterocycles. The molecule has 2 heterocycles. The average molecular weight is 319 g/mol. The molecule has 1 amide bonds. The summed E-state index contributed by atoms with van der Waals surface area (Å²) in [6, 6.07) is 0. The zero-order valence-corrected chi connectivity index (χ0v) is 13.4. The van der Waals surface area contributed by atoms with Crippen LogP contribution in [0, 0.1) is 12.8 Å². The van der Waals surface area contributed by atoms with Gasteiger partial charge >= 0.3 is 0 Å². The summed E-state index contributed by atoms with van der Waals surface area (Å²) in [7, 11) is 0. The van der Waals surface area contributed by atoms with Gasteiger partial charge in [0.1, 0.15) is 0 Å². The first-order valence-electron chi connectivity index (χ1n) is 6.80. The first-order chi connectivity index (χ1) is 9.19. The lowest BCUT2D eigenvalue weighted by Gasteiger charge is -2.31. The van der Waals surface area contributed by atoms with Gasteiger partial charge in [0.15, 0.2) is 0 Å². The first-order valence-corrected chi connectivity index (χ1v) is 7.68. The van der Waals surface area contributed by atoms with Crippen LogP contribution in [0.25, 0.3) is 0 Å². The quantitative estimate of drug-likeness (QED) is 0.854. The molecule has 0 bridgehead atoms. The van der Waals surface area contributed by atoms with Crippen LogP contribution in [-0.2, 0) is 11.3 Å². The Morgan fingerprint density at radius 2 is 2.45 bits per heavy atom. The lowest BCUT2D eigenvalue weighted by atomic mass is 9.97. The van der Waals surface area contributed by atoms with E-state index in [9.17, 15) is 4.79 Å². The zero-order valence-electron chi connectivity index (χ0n) is 11.8. The number of halogens is 1. The maximum atomic E-state index is 12.0. The van der Waals surface area contributed by atoms with Gasteiger partial charge in [-0.05, 0) is 26.3 Å². The van der Waals surface area contributed by atoms with E-state index in [4.69, 9.17) is 5.73 Å². The summed E-state index contributed by atoms with van der Waals surface area (Å²) in [5, 5.41) is 6.09. The van der Waals surface area contributed by atoms with Crippen LogP contribution in [0.15, 0.2) is 5.38 Å². The molecule has 7 heteroatoms. The minimum atomic E-state index is 0. The predicted octanol–water partition coefficient (Wildman–Crippen LogP) is 1.16. The van der Waals surface area contributed by atoms with Crippen molar-refractivity contribution in [2.45, 2.75) is 26.3 Å². The Labute approximate surface area is 130 Å². The molecule has 0 radical (unpaired) electrons. The summed E-state index contributed by atoms with van der Waals surface area (Å²) < 4.78 is 0. The van der Waals surface area contributed by atoms with Crippen LogP contribution >= 0.6 is 23.7 Å². The second kappa shape index (κ2) is 8.56. The van der Waals surface area contributed by atoms with E-state index in [0.717, 1.165) is 43.2 Å². The van der Waals surface area contributed by atoms with Crippen LogP contribution in [-0.4, -0.2) is 42.0 Å². The number of nitrogens with one attached hydrogen (secondary N) is 1. The van der Waals surface area contributed by atoms with E-state index < -0.39 is 0 Å². The van der Waals surface area contributed by atoms with Gasteiger partial charge in [0, 0.05) is 31.6 Å². The fourth-order valence-corrected chi connectivity index (χ4v) is 3.07. The molecule has 0 aromatic carbocycles. The highest BCUT2D eigenvalue weighted by Gasteiger charge is 2.25. The van der Waals surface area contributed by atoms with Crippen molar-refractivity contribution in [3.8, 4) is 0 Å². The van der Waals surface area contributed by atoms with Gasteiger partial charge in [-0.3, -0.25) is 9.69 Å². The minimum absolute atomic E-state index is 0. The molecule has 2 rings (SSSR count). The third-order valence-electron chi connectivity index (χ3n) is 3.37. The number of nitrogens with two attached hydrogens (primary N) is 1. The van der Waals surface area contributed by atoms with Gasteiger partial charge in [0.05, 0.1) is 16.6 Å². The second-order valence-electron chi connectivity index (χ2n) is 5.01. The van der Waals surface area contributed by atoms with E-state index in [2.05, 4.69) is 20.6 Å². The number of hydrogen-bond acceptors (Lipinski definition) is 5. The molecule has 1 saturated heterocycles.